The lowest BCUT2D eigenvalue weighted by atomic mass is 10.0. The van der Waals surface area contributed by atoms with Crippen molar-refractivity contribution >= 4 is 17.6 Å². The molecule has 2 rings (SSSR count). The average Bonchev–Trinajstić information content (AvgIpc) is 2.89. The van der Waals surface area contributed by atoms with Crippen LogP contribution in [0.25, 0.3) is 0 Å². The Labute approximate surface area is 117 Å². The van der Waals surface area contributed by atoms with Gasteiger partial charge in [-0.3, -0.25) is 9.59 Å². The number of carbonyl (C=O) groups excluding carboxylic acids is 1. The molecular formula is C15H19NO4. The summed E-state index contributed by atoms with van der Waals surface area (Å²) < 4.78 is 5.05. The van der Waals surface area contributed by atoms with Crippen LogP contribution in [0, 0.1) is 11.8 Å². The number of ether oxygens (including phenoxy) is 1. The van der Waals surface area contributed by atoms with Gasteiger partial charge in [-0.25, -0.2) is 0 Å². The molecule has 0 radical (unpaired) electrons. The Balaban J connectivity index is 1.95. The summed E-state index contributed by atoms with van der Waals surface area (Å²) in [5.41, 5.74) is 1.71. The molecule has 5 heteroatoms. The van der Waals surface area contributed by atoms with Gasteiger partial charge in [0.15, 0.2) is 0 Å². The molecule has 2 atom stereocenters. The predicted molar refractivity (Wildman–Crippen MR) is 74.3 cm³/mol. The molecule has 1 aliphatic rings. The second-order valence-corrected chi connectivity index (χ2v) is 5.17. The lowest BCUT2D eigenvalue weighted by Gasteiger charge is -2.11. The fourth-order valence-corrected chi connectivity index (χ4v) is 2.59. The largest absolute Gasteiger partial charge is 0.481 e. The molecule has 1 aromatic carbocycles. The lowest BCUT2D eigenvalue weighted by molar-refractivity contribution is -0.141. The summed E-state index contributed by atoms with van der Waals surface area (Å²) in [4.78, 5) is 23.0. The smallest absolute Gasteiger partial charge is 0.306 e. The van der Waals surface area contributed by atoms with Crippen molar-refractivity contribution in [3.05, 3.63) is 29.8 Å². The van der Waals surface area contributed by atoms with Crippen LogP contribution in [0.2, 0.25) is 0 Å². The first kappa shape index (κ1) is 14.5. The van der Waals surface area contributed by atoms with Gasteiger partial charge in [0.05, 0.1) is 12.5 Å². The van der Waals surface area contributed by atoms with Crippen LogP contribution in [0.15, 0.2) is 24.3 Å². The van der Waals surface area contributed by atoms with E-state index in [-0.39, 0.29) is 17.7 Å². The van der Waals surface area contributed by atoms with E-state index in [4.69, 9.17) is 9.84 Å². The third-order valence-electron chi connectivity index (χ3n) is 3.66. The first-order valence-electron chi connectivity index (χ1n) is 6.71. The number of rotatable bonds is 5. The van der Waals surface area contributed by atoms with Crippen LogP contribution in [-0.4, -0.2) is 24.1 Å². The standard InChI is InChI=1S/C15H19NO4/c1-20-9-10-3-2-4-13(7-10)16-14(17)11-5-6-12(8-11)15(18)19/h2-4,7,11-12H,5-6,8-9H2,1H3,(H,16,17)(H,18,19)/t11-,12+/m1/s1. The molecule has 1 aromatic rings. The summed E-state index contributed by atoms with van der Waals surface area (Å²) in [6.45, 7) is 0.494. The molecule has 20 heavy (non-hydrogen) atoms. The van der Waals surface area contributed by atoms with E-state index >= 15 is 0 Å². The second-order valence-electron chi connectivity index (χ2n) is 5.17. The van der Waals surface area contributed by atoms with Gasteiger partial charge in [-0.15, -0.1) is 0 Å². The van der Waals surface area contributed by atoms with Crippen LogP contribution in [0.5, 0.6) is 0 Å². The van der Waals surface area contributed by atoms with Gasteiger partial charge in [0, 0.05) is 18.7 Å². The molecule has 1 saturated carbocycles. The highest BCUT2D eigenvalue weighted by molar-refractivity contribution is 5.93. The first-order chi connectivity index (χ1) is 9.60. The number of carboxylic acids is 1. The molecule has 0 aliphatic heterocycles. The molecule has 2 N–H and O–H groups in total. The van der Waals surface area contributed by atoms with Crippen molar-refractivity contribution in [1.82, 2.24) is 0 Å². The van der Waals surface area contributed by atoms with E-state index < -0.39 is 5.97 Å². The van der Waals surface area contributed by atoms with Gasteiger partial charge in [0.25, 0.3) is 0 Å². The van der Waals surface area contributed by atoms with Gasteiger partial charge < -0.3 is 15.2 Å². The number of nitrogens with one attached hydrogen (secondary N) is 1. The van der Waals surface area contributed by atoms with Gasteiger partial charge in [0.1, 0.15) is 0 Å². The fraction of sp³-hybridized carbons (Fsp3) is 0.467. The molecule has 1 fully saturated rings. The van der Waals surface area contributed by atoms with Crippen LogP contribution < -0.4 is 5.32 Å². The van der Waals surface area contributed by atoms with Gasteiger partial charge in [-0.05, 0) is 37.0 Å². The van der Waals surface area contributed by atoms with Crippen molar-refractivity contribution in [2.24, 2.45) is 11.8 Å². The normalized spacial score (nSPS) is 21.6. The van der Waals surface area contributed by atoms with E-state index in [1.807, 2.05) is 24.3 Å². The minimum Gasteiger partial charge on any atom is -0.481 e. The second kappa shape index (κ2) is 6.52. The van der Waals surface area contributed by atoms with E-state index in [0.29, 0.717) is 25.9 Å². The van der Waals surface area contributed by atoms with Gasteiger partial charge in [-0.1, -0.05) is 12.1 Å². The maximum atomic E-state index is 12.1. The average molecular weight is 277 g/mol. The number of methoxy groups -OCH3 is 1. The van der Waals surface area contributed by atoms with Crippen LogP contribution in [0.1, 0.15) is 24.8 Å². The monoisotopic (exact) mass is 277 g/mol. The minimum absolute atomic E-state index is 0.0942. The van der Waals surface area contributed by atoms with Crippen molar-refractivity contribution in [3.63, 3.8) is 0 Å². The summed E-state index contributed by atoms with van der Waals surface area (Å²) in [5, 5.41) is 11.8. The third kappa shape index (κ3) is 3.57. The van der Waals surface area contributed by atoms with Crippen LogP contribution in [0.4, 0.5) is 5.69 Å². The molecule has 0 bridgehead atoms. The summed E-state index contributed by atoms with van der Waals surface area (Å²) >= 11 is 0. The third-order valence-corrected chi connectivity index (χ3v) is 3.66. The Morgan fingerprint density at radius 2 is 2.10 bits per heavy atom. The number of aliphatic carboxylic acids is 1. The maximum Gasteiger partial charge on any atom is 0.306 e. The predicted octanol–water partition coefficient (Wildman–Crippen LogP) is 2.27. The number of benzene rings is 1. The molecule has 0 unspecified atom stereocenters. The number of hydrogen-bond acceptors (Lipinski definition) is 3. The summed E-state index contributed by atoms with van der Waals surface area (Å²) in [5.74, 6) is -1.49. The molecular weight excluding hydrogens is 258 g/mol. The quantitative estimate of drug-likeness (QED) is 0.865. The van der Waals surface area contributed by atoms with Crippen molar-refractivity contribution in [2.75, 3.05) is 12.4 Å². The molecule has 0 aromatic heterocycles. The van der Waals surface area contributed by atoms with Gasteiger partial charge in [-0.2, -0.15) is 0 Å². The highest BCUT2D eigenvalue weighted by atomic mass is 16.5. The molecule has 0 spiro atoms. The minimum atomic E-state index is -0.803. The van der Waals surface area contributed by atoms with E-state index in [2.05, 4.69) is 5.32 Å². The number of amides is 1. The zero-order valence-corrected chi connectivity index (χ0v) is 11.5. The number of anilines is 1. The van der Waals surface area contributed by atoms with Crippen LogP contribution in [0.3, 0.4) is 0 Å². The van der Waals surface area contributed by atoms with E-state index in [0.717, 1.165) is 11.3 Å². The highest BCUT2D eigenvalue weighted by Gasteiger charge is 2.33. The lowest BCUT2D eigenvalue weighted by Crippen LogP contribution is -2.21. The highest BCUT2D eigenvalue weighted by Crippen LogP contribution is 2.31. The summed E-state index contributed by atoms with van der Waals surface area (Å²) in [6, 6.07) is 7.47. The van der Waals surface area contributed by atoms with Crippen molar-refractivity contribution < 1.29 is 19.4 Å². The zero-order chi connectivity index (χ0) is 14.5. The topological polar surface area (TPSA) is 75.6 Å². The Kier molecular flexibility index (Phi) is 4.74. The Hall–Kier alpha value is -1.88. The number of carbonyl (C=O) groups is 2. The van der Waals surface area contributed by atoms with E-state index in [9.17, 15) is 9.59 Å². The summed E-state index contributed by atoms with van der Waals surface area (Å²) in [6.07, 6.45) is 1.65. The van der Waals surface area contributed by atoms with Crippen molar-refractivity contribution in [2.45, 2.75) is 25.9 Å². The van der Waals surface area contributed by atoms with E-state index in [1.165, 1.54) is 0 Å². The fourth-order valence-electron chi connectivity index (χ4n) is 2.59. The Morgan fingerprint density at radius 1 is 1.35 bits per heavy atom. The molecule has 108 valence electrons. The SMILES string of the molecule is COCc1cccc(NC(=O)[C@@H]2CC[C@H](C(=O)O)C2)c1. The number of hydrogen-bond donors (Lipinski definition) is 2. The van der Waals surface area contributed by atoms with Gasteiger partial charge in [0.2, 0.25) is 5.91 Å². The van der Waals surface area contributed by atoms with E-state index in [1.54, 1.807) is 7.11 Å². The maximum absolute atomic E-state index is 12.1. The molecule has 1 amide bonds. The van der Waals surface area contributed by atoms with Crippen LogP contribution in [-0.2, 0) is 20.9 Å². The van der Waals surface area contributed by atoms with Gasteiger partial charge >= 0.3 is 5.97 Å². The molecule has 0 saturated heterocycles. The molecule has 0 heterocycles. The Bertz CT molecular complexity index is 500. The first-order valence-corrected chi connectivity index (χ1v) is 6.71. The molecule has 1 aliphatic carbocycles. The summed E-state index contributed by atoms with van der Waals surface area (Å²) in [7, 11) is 1.62. The zero-order valence-electron chi connectivity index (χ0n) is 11.5. The Morgan fingerprint density at radius 3 is 2.75 bits per heavy atom. The van der Waals surface area contributed by atoms with Crippen molar-refractivity contribution in [1.29, 1.82) is 0 Å². The molecule has 5 nitrogen and oxygen atoms in total. The van der Waals surface area contributed by atoms with Crippen molar-refractivity contribution in [3.8, 4) is 0 Å². The number of carboxylic acid groups (broad SMARTS) is 1. The van der Waals surface area contributed by atoms with Crippen LogP contribution >= 0.6 is 0 Å².